The number of rotatable bonds is 4. The maximum Gasteiger partial charge on any atom is 0.124 e. The molecule has 0 saturated carbocycles. The smallest absolute Gasteiger partial charge is 0.124 e. The standard InChI is InChI=1S/C19H25N3O/c1-15-7-5-9-17(21-15)19(22-13-6-11-20-12-14-22)16-8-3-4-10-18(16)23-2/h3-5,7-10,19-20H,6,11-14H2,1-2H3. The van der Waals surface area contributed by atoms with Crippen LogP contribution in [0.4, 0.5) is 0 Å². The normalized spacial score (nSPS) is 17.5. The third-order valence-electron chi connectivity index (χ3n) is 4.36. The molecule has 1 aliphatic rings. The molecule has 2 aromatic rings. The predicted molar refractivity (Wildman–Crippen MR) is 92.9 cm³/mol. The van der Waals surface area contributed by atoms with Gasteiger partial charge < -0.3 is 10.1 Å². The van der Waals surface area contributed by atoms with Crippen molar-refractivity contribution in [3.05, 3.63) is 59.4 Å². The number of aromatic nitrogens is 1. The summed E-state index contributed by atoms with van der Waals surface area (Å²) in [5, 5.41) is 3.48. The number of hydrogen-bond donors (Lipinski definition) is 1. The van der Waals surface area contributed by atoms with Crippen LogP contribution < -0.4 is 10.1 Å². The zero-order valence-electron chi connectivity index (χ0n) is 14.0. The van der Waals surface area contributed by atoms with E-state index in [-0.39, 0.29) is 6.04 Å². The van der Waals surface area contributed by atoms with E-state index in [9.17, 15) is 0 Å². The number of benzene rings is 1. The largest absolute Gasteiger partial charge is 0.496 e. The Labute approximate surface area is 138 Å². The highest BCUT2D eigenvalue weighted by atomic mass is 16.5. The van der Waals surface area contributed by atoms with Gasteiger partial charge in [0.05, 0.1) is 18.8 Å². The molecule has 0 radical (unpaired) electrons. The van der Waals surface area contributed by atoms with E-state index in [2.05, 4.69) is 34.5 Å². The number of pyridine rings is 1. The molecule has 1 saturated heterocycles. The van der Waals surface area contributed by atoms with Crippen molar-refractivity contribution in [1.29, 1.82) is 0 Å². The highest BCUT2D eigenvalue weighted by Gasteiger charge is 2.26. The van der Waals surface area contributed by atoms with Gasteiger partial charge in [-0.3, -0.25) is 9.88 Å². The average Bonchev–Trinajstić information content (AvgIpc) is 2.85. The molecular formula is C19H25N3O. The molecule has 122 valence electrons. The van der Waals surface area contributed by atoms with E-state index in [1.807, 2.05) is 25.1 Å². The predicted octanol–water partition coefficient (Wildman–Crippen LogP) is 2.78. The molecule has 2 heterocycles. The number of methoxy groups -OCH3 is 1. The van der Waals surface area contributed by atoms with Gasteiger partial charge in [0.2, 0.25) is 0 Å². The van der Waals surface area contributed by atoms with Gasteiger partial charge in [0.15, 0.2) is 0 Å². The third kappa shape index (κ3) is 3.71. The van der Waals surface area contributed by atoms with Gasteiger partial charge in [0, 0.05) is 30.9 Å². The molecule has 3 rings (SSSR count). The molecule has 1 atom stereocenters. The van der Waals surface area contributed by atoms with Crippen LogP contribution in [0.5, 0.6) is 5.75 Å². The Balaban J connectivity index is 2.05. The van der Waals surface area contributed by atoms with E-state index in [1.165, 1.54) is 5.56 Å². The summed E-state index contributed by atoms with van der Waals surface area (Å²) in [4.78, 5) is 7.33. The second kappa shape index (κ2) is 7.57. The molecule has 1 N–H and O–H groups in total. The molecule has 0 bridgehead atoms. The lowest BCUT2D eigenvalue weighted by Gasteiger charge is -2.31. The van der Waals surface area contributed by atoms with Gasteiger partial charge in [-0.15, -0.1) is 0 Å². The van der Waals surface area contributed by atoms with Crippen LogP contribution in [0, 0.1) is 6.92 Å². The van der Waals surface area contributed by atoms with Gasteiger partial charge in [-0.1, -0.05) is 24.3 Å². The summed E-state index contributed by atoms with van der Waals surface area (Å²) in [7, 11) is 1.74. The molecule has 0 amide bonds. The molecule has 0 aliphatic carbocycles. The molecule has 4 heteroatoms. The van der Waals surface area contributed by atoms with Crippen LogP contribution >= 0.6 is 0 Å². The SMILES string of the molecule is COc1ccccc1C(c1cccc(C)n1)N1CCCNCC1. The van der Waals surface area contributed by atoms with Gasteiger partial charge in [-0.05, 0) is 38.1 Å². The van der Waals surface area contributed by atoms with Crippen molar-refractivity contribution in [2.75, 3.05) is 33.3 Å². The van der Waals surface area contributed by atoms with Crippen molar-refractivity contribution in [1.82, 2.24) is 15.2 Å². The molecule has 1 unspecified atom stereocenters. The van der Waals surface area contributed by atoms with E-state index in [0.29, 0.717) is 0 Å². The van der Waals surface area contributed by atoms with Crippen molar-refractivity contribution in [2.45, 2.75) is 19.4 Å². The van der Waals surface area contributed by atoms with Crippen LogP contribution in [0.1, 0.15) is 29.4 Å². The minimum atomic E-state index is 0.131. The Morgan fingerprint density at radius 2 is 1.96 bits per heavy atom. The highest BCUT2D eigenvalue weighted by Crippen LogP contribution is 2.34. The summed E-state index contributed by atoms with van der Waals surface area (Å²) in [5.74, 6) is 0.929. The number of nitrogens with one attached hydrogen (secondary N) is 1. The summed E-state index contributed by atoms with van der Waals surface area (Å²) >= 11 is 0. The maximum absolute atomic E-state index is 5.63. The first kappa shape index (κ1) is 16.0. The quantitative estimate of drug-likeness (QED) is 0.942. The Hall–Kier alpha value is -1.91. The molecule has 0 spiro atoms. The molecule has 4 nitrogen and oxygen atoms in total. The lowest BCUT2D eigenvalue weighted by molar-refractivity contribution is 0.232. The molecule has 1 aliphatic heterocycles. The summed E-state index contributed by atoms with van der Waals surface area (Å²) < 4.78 is 5.63. The summed E-state index contributed by atoms with van der Waals surface area (Å²) in [6, 6.07) is 14.7. The number of nitrogens with zero attached hydrogens (tertiary/aromatic N) is 2. The fourth-order valence-corrected chi connectivity index (χ4v) is 3.28. The minimum absolute atomic E-state index is 0.131. The van der Waals surface area contributed by atoms with Gasteiger partial charge in [0.25, 0.3) is 0 Å². The highest BCUT2D eigenvalue weighted by molar-refractivity contribution is 5.40. The van der Waals surface area contributed by atoms with Crippen LogP contribution in [0.15, 0.2) is 42.5 Å². The molecule has 23 heavy (non-hydrogen) atoms. The van der Waals surface area contributed by atoms with Crippen LogP contribution in [0.3, 0.4) is 0 Å². The van der Waals surface area contributed by atoms with Crippen molar-refractivity contribution in [3.8, 4) is 5.75 Å². The van der Waals surface area contributed by atoms with E-state index in [1.54, 1.807) is 7.11 Å². The first-order valence-corrected chi connectivity index (χ1v) is 8.31. The summed E-state index contributed by atoms with van der Waals surface area (Å²) in [5.41, 5.74) is 3.33. The van der Waals surface area contributed by atoms with Crippen molar-refractivity contribution >= 4 is 0 Å². The number of hydrogen-bond acceptors (Lipinski definition) is 4. The van der Waals surface area contributed by atoms with Gasteiger partial charge >= 0.3 is 0 Å². The first-order valence-electron chi connectivity index (χ1n) is 8.31. The topological polar surface area (TPSA) is 37.4 Å². The van der Waals surface area contributed by atoms with E-state index in [4.69, 9.17) is 9.72 Å². The molecule has 1 fully saturated rings. The fraction of sp³-hybridized carbons (Fsp3) is 0.421. The fourth-order valence-electron chi connectivity index (χ4n) is 3.28. The zero-order chi connectivity index (χ0) is 16.1. The van der Waals surface area contributed by atoms with Crippen molar-refractivity contribution in [2.24, 2.45) is 0 Å². The Morgan fingerprint density at radius 3 is 2.78 bits per heavy atom. The van der Waals surface area contributed by atoms with Gasteiger partial charge in [0.1, 0.15) is 5.75 Å². The second-order valence-corrected chi connectivity index (χ2v) is 5.99. The van der Waals surface area contributed by atoms with E-state index in [0.717, 1.165) is 49.7 Å². The van der Waals surface area contributed by atoms with Crippen molar-refractivity contribution < 1.29 is 4.74 Å². The minimum Gasteiger partial charge on any atom is -0.496 e. The Kier molecular flexibility index (Phi) is 5.26. The van der Waals surface area contributed by atoms with E-state index < -0.39 is 0 Å². The number of ether oxygens (including phenoxy) is 1. The zero-order valence-corrected chi connectivity index (χ0v) is 14.0. The van der Waals surface area contributed by atoms with Crippen molar-refractivity contribution in [3.63, 3.8) is 0 Å². The van der Waals surface area contributed by atoms with Crippen LogP contribution in [0.2, 0.25) is 0 Å². The lowest BCUT2D eigenvalue weighted by Crippen LogP contribution is -2.33. The second-order valence-electron chi connectivity index (χ2n) is 5.99. The first-order chi connectivity index (χ1) is 11.3. The molecule has 1 aromatic heterocycles. The van der Waals surface area contributed by atoms with Gasteiger partial charge in [-0.2, -0.15) is 0 Å². The van der Waals surface area contributed by atoms with Crippen LogP contribution in [-0.4, -0.2) is 43.2 Å². The molecular weight excluding hydrogens is 286 g/mol. The van der Waals surface area contributed by atoms with Gasteiger partial charge in [-0.25, -0.2) is 0 Å². The summed E-state index contributed by atoms with van der Waals surface area (Å²) in [6.45, 7) is 6.21. The maximum atomic E-state index is 5.63. The average molecular weight is 311 g/mol. The van der Waals surface area contributed by atoms with E-state index >= 15 is 0 Å². The summed E-state index contributed by atoms with van der Waals surface area (Å²) in [6.07, 6.45) is 1.15. The lowest BCUT2D eigenvalue weighted by atomic mass is 9.99. The van der Waals surface area contributed by atoms with Crippen LogP contribution in [0.25, 0.3) is 0 Å². The monoisotopic (exact) mass is 311 g/mol. The number of aryl methyl sites for hydroxylation is 1. The Bertz CT molecular complexity index is 636. The number of para-hydroxylation sites is 1. The van der Waals surface area contributed by atoms with Crippen LogP contribution in [-0.2, 0) is 0 Å². The Morgan fingerprint density at radius 1 is 1.09 bits per heavy atom. The third-order valence-corrected chi connectivity index (χ3v) is 4.36. The molecule has 1 aromatic carbocycles.